The molecule has 7 heteroatoms. The summed E-state index contributed by atoms with van der Waals surface area (Å²) in [5.41, 5.74) is 1.87. The summed E-state index contributed by atoms with van der Waals surface area (Å²) in [7, 11) is 1.98. The quantitative estimate of drug-likeness (QED) is 0.784. The van der Waals surface area contributed by atoms with Gasteiger partial charge >= 0.3 is 5.69 Å². The molecule has 3 rings (SSSR count). The van der Waals surface area contributed by atoms with Gasteiger partial charge in [0, 0.05) is 32.6 Å². The number of amides is 1. The van der Waals surface area contributed by atoms with E-state index < -0.39 is 0 Å². The third-order valence-corrected chi connectivity index (χ3v) is 5.38. The molecule has 1 aromatic carbocycles. The maximum atomic E-state index is 12.8. The summed E-state index contributed by atoms with van der Waals surface area (Å²) in [5.74, 6) is 0.825. The summed E-state index contributed by atoms with van der Waals surface area (Å²) in [6.07, 6.45) is 3.41. The van der Waals surface area contributed by atoms with E-state index in [1.165, 1.54) is 0 Å². The number of benzene rings is 1. The number of para-hydroxylation sites is 2. The van der Waals surface area contributed by atoms with Gasteiger partial charge in [0.25, 0.3) is 0 Å². The number of piperidine rings is 1. The Morgan fingerprint density at radius 3 is 2.26 bits per heavy atom. The summed E-state index contributed by atoms with van der Waals surface area (Å²) in [5, 5.41) is 3.22. The third kappa shape index (κ3) is 4.74. The summed E-state index contributed by atoms with van der Waals surface area (Å²) in [6, 6.07) is 7.86. The highest BCUT2D eigenvalue weighted by molar-refractivity contribution is 5.85. The maximum absolute atomic E-state index is 12.8. The smallest absolute Gasteiger partial charge is 0.329 e. The molecule has 1 aromatic heterocycles. The Kier molecular flexibility index (Phi) is 7.92. The number of aromatic nitrogens is 2. The molecule has 2 heterocycles. The molecule has 1 aliphatic rings. The molecule has 0 aliphatic carbocycles. The van der Waals surface area contributed by atoms with Crippen molar-refractivity contribution in [1.29, 1.82) is 0 Å². The first-order valence-electron chi connectivity index (χ1n) is 9.76. The van der Waals surface area contributed by atoms with Gasteiger partial charge < -0.3 is 10.2 Å². The fourth-order valence-corrected chi connectivity index (χ4v) is 3.97. The lowest BCUT2D eigenvalue weighted by Gasteiger charge is -2.32. The number of carbonyl (C=O) groups excluding carboxylic acids is 1. The van der Waals surface area contributed by atoms with Gasteiger partial charge in [0.15, 0.2) is 0 Å². The molecule has 1 fully saturated rings. The topological polar surface area (TPSA) is 59.3 Å². The average molecular weight is 395 g/mol. The highest BCUT2D eigenvalue weighted by Crippen LogP contribution is 2.18. The van der Waals surface area contributed by atoms with Gasteiger partial charge in [0.2, 0.25) is 5.91 Å². The lowest BCUT2D eigenvalue weighted by atomic mass is 9.96. The van der Waals surface area contributed by atoms with E-state index in [4.69, 9.17) is 0 Å². The second-order valence-corrected chi connectivity index (χ2v) is 7.21. The Bertz CT molecular complexity index is 806. The number of imidazole rings is 1. The van der Waals surface area contributed by atoms with Gasteiger partial charge in [0.05, 0.1) is 11.0 Å². The Balaban J connectivity index is 0.00000261. The number of carbonyl (C=O) groups is 1. The third-order valence-electron chi connectivity index (χ3n) is 5.38. The lowest BCUT2D eigenvalue weighted by Crippen LogP contribution is -2.41. The minimum absolute atomic E-state index is 0. The van der Waals surface area contributed by atoms with Crippen molar-refractivity contribution < 1.29 is 4.79 Å². The average Bonchev–Trinajstić information content (AvgIpc) is 2.93. The minimum Gasteiger partial charge on any atom is -0.343 e. The first kappa shape index (κ1) is 21.5. The molecule has 1 amide bonds. The van der Waals surface area contributed by atoms with Crippen molar-refractivity contribution in [2.24, 2.45) is 5.92 Å². The fourth-order valence-electron chi connectivity index (χ4n) is 3.97. The standard InChI is InChI=1S/C20H30N4O2.ClH/c1-3-11-23-17-6-4-5-7-18(17)24(20(23)26)14-10-19(25)22-12-8-16(9-13-22)15-21-2;/h4-7,16,21H,3,8-15H2,1-2H3;1H. The Morgan fingerprint density at radius 1 is 1.11 bits per heavy atom. The molecule has 0 unspecified atom stereocenters. The number of aryl methyl sites for hydroxylation is 2. The molecule has 27 heavy (non-hydrogen) atoms. The van der Waals surface area contributed by atoms with Crippen LogP contribution in [0.2, 0.25) is 0 Å². The largest absolute Gasteiger partial charge is 0.343 e. The van der Waals surface area contributed by atoms with Crippen LogP contribution < -0.4 is 11.0 Å². The molecule has 1 aliphatic heterocycles. The van der Waals surface area contributed by atoms with Gasteiger partial charge in [-0.25, -0.2) is 4.79 Å². The van der Waals surface area contributed by atoms with Crippen LogP contribution in [0.4, 0.5) is 0 Å². The van der Waals surface area contributed by atoms with E-state index in [-0.39, 0.29) is 24.0 Å². The number of halogens is 1. The molecule has 2 aromatic rings. The van der Waals surface area contributed by atoms with Crippen molar-refractivity contribution in [2.75, 3.05) is 26.7 Å². The SMILES string of the molecule is CCCn1c(=O)n(CCC(=O)N2CCC(CNC)CC2)c2ccccc21.Cl. The number of nitrogens with zero attached hydrogens (tertiary/aromatic N) is 3. The van der Waals surface area contributed by atoms with Crippen LogP contribution in [0, 0.1) is 5.92 Å². The van der Waals surface area contributed by atoms with Gasteiger partial charge in [-0.05, 0) is 50.9 Å². The van der Waals surface area contributed by atoms with Crippen LogP contribution in [0.15, 0.2) is 29.1 Å². The van der Waals surface area contributed by atoms with E-state index in [0.29, 0.717) is 25.4 Å². The summed E-state index contributed by atoms with van der Waals surface area (Å²) >= 11 is 0. The van der Waals surface area contributed by atoms with Gasteiger partial charge in [-0.15, -0.1) is 12.4 Å². The monoisotopic (exact) mass is 394 g/mol. The van der Waals surface area contributed by atoms with Gasteiger partial charge in [-0.2, -0.15) is 0 Å². The van der Waals surface area contributed by atoms with Crippen LogP contribution in [-0.2, 0) is 17.9 Å². The van der Waals surface area contributed by atoms with Crippen LogP contribution in [0.25, 0.3) is 11.0 Å². The van der Waals surface area contributed by atoms with Gasteiger partial charge in [-0.1, -0.05) is 19.1 Å². The summed E-state index contributed by atoms with van der Waals surface area (Å²) in [4.78, 5) is 27.3. The van der Waals surface area contributed by atoms with Gasteiger partial charge in [-0.3, -0.25) is 13.9 Å². The molecule has 150 valence electrons. The first-order chi connectivity index (χ1) is 12.7. The van der Waals surface area contributed by atoms with Gasteiger partial charge in [0.1, 0.15) is 0 Å². The highest BCUT2D eigenvalue weighted by Gasteiger charge is 2.22. The van der Waals surface area contributed by atoms with E-state index in [0.717, 1.165) is 49.9 Å². The Hall–Kier alpha value is -1.79. The van der Waals surface area contributed by atoms with Crippen molar-refractivity contribution in [3.05, 3.63) is 34.7 Å². The first-order valence-corrected chi connectivity index (χ1v) is 9.76. The van der Waals surface area contributed by atoms with E-state index in [9.17, 15) is 9.59 Å². The zero-order valence-corrected chi connectivity index (χ0v) is 17.1. The van der Waals surface area contributed by atoms with E-state index in [2.05, 4.69) is 12.2 Å². The molecule has 1 saturated heterocycles. The number of hydrogen-bond acceptors (Lipinski definition) is 3. The molecular formula is C20H31ClN4O2. The van der Waals surface area contributed by atoms with Crippen molar-refractivity contribution in [2.45, 2.75) is 45.7 Å². The summed E-state index contributed by atoms with van der Waals surface area (Å²) < 4.78 is 3.58. The highest BCUT2D eigenvalue weighted by atomic mass is 35.5. The van der Waals surface area contributed by atoms with Crippen LogP contribution in [-0.4, -0.2) is 46.6 Å². The normalized spacial score (nSPS) is 15.1. The number of rotatable bonds is 7. The minimum atomic E-state index is -0.00595. The summed E-state index contributed by atoms with van der Waals surface area (Å²) in [6.45, 7) is 5.91. The van der Waals surface area contributed by atoms with Crippen LogP contribution >= 0.6 is 12.4 Å². The predicted molar refractivity (Wildman–Crippen MR) is 112 cm³/mol. The van der Waals surface area contributed by atoms with Crippen molar-refractivity contribution in [3.8, 4) is 0 Å². The van der Waals surface area contributed by atoms with E-state index in [1.54, 1.807) is 4.57 Å². The van der Waals surface area contributed by atoms with Crippen LogP contribution in [0.1, 0.15) is 32.6 Å². The second kappa shape index (κ2) is 9.95. The molecular weight excluding hydrogens is 364 g/mol. The molecule has 0 atom stereocenters. The maximum Gasteiger partial charge on any atom is 0.329 e. The molecule has 0 bridgehead atoms. The fraction of sp³-hybridized carbons (Fsp3) is 0.600. The predicted octanol–water partition coefficient (Wildman–Crippen LogP) is 2.48. The van der Waals surface area contributed by atoms with Crippen molar-refractivity contribution in [3.63, 3.8) is 0 Å². The number of likely N-dealkylation sites (tertiary alicyclic amines) is 1. The molecule has 6 nitrogen and oxygen atoms in total. The number of hydrogen-bond donors (Lipinski definition) is 1. The number of fused-ring (bicyclic) bond motifs is 1. The van der Waals surface area contributed by atoms with Crippen LogP contribution in [0.3, 0.4) is 0 Å². The Labute approximate surface area is 166 Å². The van der Waals surface area contributed by atoms with Crippen molar-refractivity contribution >= 4 is 29.3 Å². The molecule has 0 radical (unpaired) electrons. The zero-order chi connectivity index (χ0) is 18.5. The molecule has 1 N–H and O–H groups in total. The van der Waals surface area contributed by atoms with Crippen LogP contribution in [0.5, 0.6) is 0 Å². The second-order valence-electron chi connectivity index (χ2n) is 7.21. The molecule has 0 saturated carbocycles. The van der Waals surface area contributed by atoms with E-state index in [1.807, 2.05) is 40.8 Å². The molecule has 0 spiro atoms. The van der Waals surface area contributed by atoms with E-state index >= 15 is 0 Å². The Morgan fingerprint density at radius 2 is 1.70 bits per heavy atom. The van der Waals surface area contributed by atoms with Crippen molar-refractivity contribution in [1.82, 2.24) is 19.4 Å². The zero-order valence-electron chi connectivity index (χ0n) is 16.3. The number of nitrogens with one attached hydrogen (secondary N) is 1. The lowest BCUT2D eigenvalue weighted by molar-refractivity contribution is -0.132.